The predicted octanol–water partition coefficient (Wildman–Crippen LogP) is 3.74. The third-order valence-corrected chi connectivity index (χ3v) is 4.09. The molecule has 0 saturated heterocycles. The van der Waals surface area contributed by atoms with Crippen molar-refractivity contribution >= 4 is 29.0 Å². The zero-order valence-corrected chi connectivity index (χ0v) is 11.9. The van der Waals surface area contributed by atoms with E-state index >= 15 is 0 Å². The average Bonchev–Trinajstić information content (AvgIpc) is 2.32. The summed E-state index contributed by atoms with van der Waals surface area (Å²) in [5, 5.41) is 14.5. The van der Waals surface area contributed by atoms with Gasteiger partial charge in [0.1, 0.15) is 5.82 Å². The molecule has 3 nitrogen and oxygen atoms in total. The SMILES string of the molecule is CC1CCC(O)(CNc2ncc(Cl)cc2Cl)CC1. The van der Waals surface area contributed by atoms with E-state index in [2.05, 4.69) is 17.2 Å². The second-order valence-corrected chi connectivity index (χ2v) is 6.09. The molecule has 100 valence electrons. The van der Waals surface area contributed by atoms with Crippen LogP contribution in [0.5, 0.6) is 0 Å². The smallest absolute Gasteiger partial charge is 0.144 e. The summed E-state index contributed by atoms with van der Waals surface area (Å²) >= 11 is 11.8. The molecule has 1 fully saturated rings. The van der Waals surface area contributed by atoms with Crippen LogP contribution in [0.25, 0.3) is 0 Å². The van der Waals surface area contributed by atoms with Gasteiger partial charge in [0.05, 0.1) is 15.6 Å². The van der Waals surface area contributed by atoms with Crippen molar-refractivity contribution in [1.82, 2.24) is 4.98 Å². The first-order valence-electron chi connectivity index (χ1n) is 6.26. The molecule has 1 saturated carbocycles. The molecule has 0 amide bonds. The summed E-state index contributed by atoms with van der Waals surface area (Å²) in [6, 6.07) is 1.64. The maximum atomic E-state index is 10.4. The molecule has 0 unspecified atom stereocenters. The zero-order chi connectivity index (χ0) is 13.2. The van der Waals surface area contributed by atoms with Crippen molar-refractivity contribution in [3.63, 3.8) is 0 Å². The van der Waals surface area contributed by atoms with Gasteiger partial charge >= 0.3 is 0 Å². The largest absolute Gasteiger partial charge is 0.388 e. The van der Waals surface area contributed by atoms with E-state index in [1.165, 1.54) is 0 Å². The van der Waals surface area contributed by atoms with Crippen molar-refractivity contribution in [2.75, 3.05) is 11.9 Å². The van der Waals surface area contributed by atoms with Crippen molar-refractivity contribution in [1.29, 1.82) is 0 Å². The fraction of sp³-hybridized carbons (Fsp3) is 0.615. The summed E-state index contributed by atoms with van der Waals surface area (Å²) in [5.74, 6) is 1.29. The van der Waals surface area contributed by atoms with Gasteiger partial charge in [-0.3, -0.25) is 0 Å². The molecule has 18 heavy (non-hydrogen) atoms. The van der Waals surface area contributed by atoms with Crippen molar-refractivity contribution in [3.05, 3.63) is 22.3 Å². The van der Waals surface area contributed by atoms with Gasteiger partial charge in [-0.25, -0.2) is 4.98 Å². The Morgan fingerprint density at radius 3 is 2.72 bits per heavy atom. The van der Waals surface area contributed by atoms with Crippen LogP contribution in [0, 0.1) is 5.92 Å². The normalized spacial score (nSPS) is 28.1. The number of halogens is 2. The molecule has 0 atom stereocenters. The Balaban J connectivity index is 1.94. The minimum absolute atomic E-state index is 0.480. The van der Waals surface area contributed by atoms with Gasteiger partial charge in [0, 0.05) is 12.7 Å². The fourth-order valence-corrected chi connectivity index (χ4v) is 2.72. The number of aromatic nitrogens is 1. The molecule has 2 rings (SSSR count). The lowest BCUT2D eigenvalue weighted by atomic mass is 9.79. The number of rotatable bonds is 3. The van der Waals surface area contributed by atoms with Crippen LogP contribution < -0.4 is 5.32 Å². The number of hydrogen-bond acceptors (Lipinski definition) is 3. The van der Waals surface area contributed by atoms with Gasteiger partial charge in [-0.1, -0.05) is 30.1 Å². The maximum Gasteiger partial charge on any atom is 0.144 e. The van der Waals surface area contributed by atoms with Crippen LogP contribution in [0.3, 0.4) is 0 Å². The topological polar surface area (TPSA) is 45.1 Å². The van der Waals surface area contributed by atoms with Crippen LogP contribution in [-0.2, 0) is 0 Å². The number of aliphatic hydroxyl groups is 1. The van der Waals surface area contributed by atoms with E-state index < -0.39 is 5.60 Å². The summed E-state index contributed by atoms with van der Waals surface area (Å²) < 4.78 is 0. The molecule has 2 N–H and O–H groups in total. The van der Waals surface area contributed by atoms with E-state index in [4.69, 9.17) is 23.2 Å². The standard InChI is InChI=1S/C13H18Cl2N2O/c1-9-2-4-13(18,5-3-9)8-17-12-11(15)6-10(14)7-16-12/h6-7,9,18H,2-5,8H2,1H3,(H,16,17). The second-order valence-electron chi connectivity index (χ2n) is 5.24. The Kier molecular flexibility index (Phi) is 4.36. The van der Waals surface area contributed by atoms with Crippen LogP contribution in [0.4, 0.5) is 5.82 Å². The van der Waals surface area contributed by atoms with E-state index in [0.29, 0.717) is 28.3 Å². The van der Waals surface area contributed by atoms with E-state index in [1.54, 1.807) is 12.3 Å². The lowest BCUT2D eigenvalue weighted by Crippen LogP contribution is -2.40. The van der Waals surface area contributed by atoms with E-state index in [-0.39, 0.29) is 0 Å². The predicted molar refractivity (Wildman–Crippen MR) is 75.3 cm³/mol. The lowest BCUT2D eigenvalue weighted by Gasteiger charge is -2.35. The van der Waals surface area contributed by atoms with Gasteiger partial charge in [0.15, 0.2) is 0 Å². The Morgan fingerprint density at radius 1 is 1.44 bits per heavy atom. The van der Waals surface area contributed by atoms with Gasteiger partial charge in [0.25, 0.3) is 0 Å². The highest BCUT2D eigenvalue weighted by Crippen LogP contribution is 2.32. The molecule has 0 radical (unpaired) electrons. The molecule has 0 spiro atoms. The van der Waals surface area contributed by atoms with E-state index in [1.807, 2.05) is 0 Å². The zero-order valence-electron chi connectivity index (χ0n) is 10.4. The monoisotopic (exact) mass is 288 g/mol. The van der Waals surface area contributed by atoms with Crippen molar-refractivity contribution < 1.29 is 5.11 Å². The third kappa shape index (κ3) is 3.50. The van der Waals surface area contributed by atoms with Crippen LogP contribution in [0.2, 0.25) is 10.0 Å². The van der Waals surface area contributed by atoms with Crippen LogP contribution >= 0.6 is 23.2 Å². The van der Waals surface area contributed by atoms with Gasteiger partial charge in [-0.15, -0.1) is 0 Å². The number of nitrogens with zero attached hydrogens (tertiary/aromatic N) is 1. The molecular weight excluding hydrogens is 271 g/mol. The summed E-state index contributed by atoms with van der Waals surface area (Å²) in [7, 11) is 0. The highest BCUT2D eigenvalue weighted by atomic mass is 35.5. The molecule has 1 aromatic heterocycles. The van der Waals surface area contributed by atoms with Crippen molar-refractivity contribution in [2.45, 2.75) is 38.2 Å². The Morgan fingerprint density at radius 2 is 2.11 bits per heavy atom. The van der Waals surface area contributed by atoms with Crippen LogP contribution in [0.15, 0.2) is 12.3 Å². The summed E-state index contributed by atoms with van der Waals surface area (Å²) in [6.45, 7) is 2.71. The van der Waals surface area contributed by atoms with E-state index in [9.17, 15) is 5.11 Å². The van der Waals surface area contributed by atoms with Gasteiger partial charge < -0.3 is 10.4 Å². The minimum Gasteiger partial charge on any atom is -0.388 e. The quantitative estimate of drug-likeness (QED) is 0.891. The first kappa shape index (κ1) is 13.9. The summed E-state index contributed by atoms with van der Waals surface area (Å²) in [6.07, 6.45) is 5.33. The van der Waals surface area contributed by atoms with Gasteiger partial charge in [-0.05, 0) is 37.7 Å². The number of hydrogen-bond donors (Lipinski definition) is 2. The summed E-state index contributed by atoms with van der Waals surface area (Å²) in [5.41, 5.74) is -0.642. The van der Waals surface area contributed by atoms with Gasteiger partial charge in [-0.2, -0.15) is 0 Å². The molecule has 0 aromatic carbocycles. The summed E-state index contributed by atoms with van der Waals surface area (Å²) in [4.78, 5) is 4.12. The molecule has 1 aromatic rings. The molecule has 0 aliphatic heterocycles. The molecule has 1 aliphatic rings. The molecule has 5 heteroatoms. The molecular formula is C13H18Cl2N2O. The Labute approximate surface area is 118 Å². The first-order valence-corrected chi connectivity index (χ1v) is 7.01. The molecule has 0 bridgehead atoms. The van der Waals surface area contributed by atoms with E-state index in [0.717, 1.165) is 25.7 Å². The Hall–Kier alpha value is -0.510. The van der Waals surface area contributed by atoms with Gasteiger partial charge in [0.2, 0.25) is 0 Å². The molecule has 1 aliphatic carbocycles. The maximum absolute atomic E-state index is 10.4. The molecule has 1 heterocycles. The number of nitrogens with one attached hydrogen (secondary N) is 1. The minimum atomic E-state index is -0.642. The second kappa shape index (κ2) is 5.64. The van der Waals surface area contributed by atoms with Crippen LogP contribution in [0.1, 0.15) is 32.6 Å². The fourth-order valence-electron chi connectivity index (χ4n) is 2.27. The Bertz CT molecular complexity index is 417. The van der Waals surface area contributed by atoms with Crippen LogP contribution in [-0.4, -0.2) is 22.2 Å². The number of pyridine rings is 1. The number of anilines is 1. The van der Waals surface area contributed by atoms with Crippen molar-refractivity contribution in [2.24, 2.45) is 5.92 Å². The lowest BCUT2D eigenvalue weighted by molar-refractivity contribution is 0.00495. The highest BCUT2D eigenvalue weighted by molar-refractivity contribution is 6.35. The average molecular weight is 289 g/mol. The highest BCUT2D eigenvalue weighted by Gasteiger charge is 2.31. The first-order chi connectivity index (χ1) is 8.48. The van der Waals surface area contributed by atoms with Crippen molar-refractivity contribution in [3.8, 4) is 0 Å². The third-order valence-electron chi connectivity index (χ3n) is 3.60.